The summed E-state index contributed by atoms with van der Waals surface area (Å²) in [7, 11) is 0. The third-order valence-corrected chi connectivity index (χ3v) is 6.92. The van der Waals surface area contributed by atoms with Crippen LogP contribution in [0.2, 0.25) is 10.0 Å². The number of nitrogens with zero attached hydrogens (tertiary/aromatic N) is 3. The Balaban J connectivity index is 1.61. The predicted molar refractivity (Wildman–Crippen MR) is 162 cm³/mol. The topological polar surface area (TPSA) is 106 Å². The molecule has 0 fully saturated rings. The zero-order valence-electron chi connectivity index (χ0n) is 21.4. The number of benzene rings is 4. The quantitative estimate of drug-likeness (QED) is 0.136. The van der Waals surface area contributed by atoms with Crippen LogP contribution in [0.5, 0.6) is 0 Å². The van der Waals surface area contributed by atoms with Crippen molar-refractivity contribution in [3.8, 4) is 17.1 Å². The normalized spacial score (nSPS) is 12.8. The second-order valence-corrected chi connectivity index (χ2v) is 10.2. The van der Waals surface area contributed by atoms with Crippen LogP contribution < -0.4 is 27.5 Å². The smallest absolute Gasteiger partial charge is 0.0900 e. The van der Waals surface area contributed by atoms with Gasteiger partial charge < -0.3 is 26.7 Å². The maximum atomic E-state index is 6.22. The molecule has 1 atom stereocenters. The largest absolute Gasteiger partial charge is 0.354 e. The van der Waals surface area contributed by atoms with E-state index in [0.29, 0.717) is 36.2 Å². The first-order valence-electron chi connectivity index (χ1n) is 12.9. The van der Waals surface area contributed by atoms with Gasteiger partial charge in [0.1, 0.15) is 0 Å². The highest BCUT2D eigenvalue weighted by Crippen LogP contribution is 2.31. The minimum absolute atomic E-state index is 0.0375. The van der Waals surface area contributed by atoms with Crippen molar-refractivity contribution in [2.75, 3.05) is 31.5 Å². The van der Waals surface area contributed by atoms with Gasteiger partial charge in [0.05, 0.1) is 40.0 Å². The minimum Gasteiger partial charge on any atom is -0.354 e. The maximum Gasteiger partial charge on any atom is 0.0900 e. The zero-order valence-corrected chi connectivity index (χ0v) is 23.0. The molecule has 0 saturated carbocycles. The first-order valence-corrected chi connectivity index (χ1v) is 13.7. The molecule has 0 spiro atoms. The SMILES string of the molecule is NCCC(N)CNCCN=c1cc2n(-c3ccc(Cl)cc3)c3ccccc3nc-2cc1Nc1ccc(Cl)cc1. The van der Waals surface area contributed by atoms with Gasteiger partial charge in [0.2, 0.25) is 0 Å². The van der Waals surface area contributed by atoms with E-state index in [-0.39, 0.29) is 6.04 Å². The first-order chi connectivity index (χ1) is 19.0. The van der Waals surface area contributed by atoms with E-state index in [9.17, 15) is 0 Å². The lowest BCUT2D eigenvalue weighted by molar-refractivity contribution is 0.553. The van der Waals surface area contributed by atoms with Crippen molar-refractivity contribution in [3.05, 3.63) is 100 Å². The number of para-hydroxylation sites is 2. The van der Waals surface area contributed by atoms with Crippen LogP contribution in [0, 0.1) is 0 Å². The van der Waals surface area contributed by atoms with Crippen molar-refractivity contribution >= 4 is 45.6 Å². The second-order valence-electron chi connectivity index (χ2n) is 9.33. The summed E-state index contributed by atoms with van der Waals surface area (Å²) < 4.78 is 2.20. The third-order valence-electron chi connectivity index (χ3n) is 6.42. The molecule has 0 aromatic heterocycles. The van der Waals surface area contributed by atoms with Crippen molar-refractivity contribution in [1.29, 1.82) is 0 Å². The molecule has 200 valence electrons. The molecular weight excluding hydrogens is 529 g/mol. The van der Waals surface area contributed by atoms with E-state index < -0.39 is 0 Å². The van der Waals surface area contributed by atoms with Gasteiger partial charge in [-0.15, -0.1) is 0 Å². The highest BCUT2D eigenvalue weighted by molar-refractivity contribution is 6.30. The molecule has 0 radical (unpaired) electrons. The predicted octanol–water partition coefficient (Wildman–Crippen LogP) is 5.35. The maximum absolute atomic E-state index is 6.22. The number of aromatic nitrogens is 2. The van der Waals surface area contributed by atoms with Gasteiger partial charge in [-0.2, -0.15) is 0 Å². The summed E-state index contributed by atoms with van der Waals surface area (Å²) in [4.78, 5) is 9.96. The summed E-state index contributed by atoms with van der Waals surface area (Å²) in [5.41, 5.74) is 18.1. The number of hydrogen-bond donors (Lipinski definition) is 4. The van der Waals surface area contributed by atoms with Gasteiger partial charge in [0, 0.05) is 40.6 Å². The Bertz CT molecular complexity index is 1580. The number of nitrogens with one attached hydrogen (secondary N) is 2. The molecule has 3 aromatic carbocycles. The first kappa shape index (κ1) is 27.1. The van der Waals surface area contributed by atoms with Gasteiger partial charge in [-0.3, -0.25) is 4.99 Å². The Morgan fingerprint density at radius 3 is 2.38 bits per heavy atom. The fourth-order valence-corrected chi connectivity index (χ4v) is 4.74. The summed E-state index contributed by atoms with van der Waals surface area (Å²) in [6.45, 7) is 2.56. The van der Waals surface area contributed by atoms with Crippen LogP contribution in [0.15, 0.2) is 89.9 Å². The van der Waals surface area contributed by atoms with Crippen molar-refractivity contribution in [2.45, 2.75) is 12.5 Å². The molecule has 5 rings (SSSR count). The number of nitrogens with two attached hydrogens (primary N) is 2. The third kappa shape index (κ3) is 6.58. The van der Waals surface area contributed by atoms with Crippen LogP contribution in [0.3, 0.4) is 0 Å². The Hall–Kier alpha value is -3.46. The van der Waals surface area contributed by atoms with E-state index in [1.807, 2.05) is 72.8 Å². The zero-order chi connectivity index (χ0) is 27.2. The van der Waals surface area contributed by atoms with Crippen molar-refractivity contribution in [1.82, 2.24) is 14.9 Å². The van der Waals surface area contributed by atoms with Crippen LogP contribution in [0.25, 0.3) is 28.1 Å². The summed E-state index contributed by atoms with van der Waals surface area (Å²) in [5, 5.41) is 9.08. The van der Waals surface area contributed by atoms with Gasteiger partial charge in [-0.1, -0.05) is 35.3 Å². The number of hydrogen-bond acceptors (Lipinski definition) is 6. The average Bonchev–Trinajstić information content (AvgIpc) is 2.94. The van der Waals surface area contributed by atoms with Crippen LogP contribution in [-0.2, 0) is 0 Å². The van der Waals surface area contributed by atoms with E-state index in [1.54, 1.807) is 0 Å². The monoisotopic (exact) mass is 559 g/mol. The lowest BCUT2D eigenvalue weighted by Gasteiger charge is -2.20. The number of halogens is 2. The molecule has 0 bridgehead atoms. The Morgan fingerprint density at radius 2 is 1.64 bits per heavy atom. The van der Waals surface area contributed by atoms with Gasteiger partial charge in [-0.25, -0.2) is 4.98 Å². The number of anilines is 2. The Kier molecular flexibility index (Phi) is 8.76. The highest BCUT2D eigenvalue weighted by atomic mass is 35.5. The summed E-state index contributed by atoms with van der Waals surface area (Å²) in [6.07, 6.45) is 0.787. The van der Waals surface area contributed by atoms with Crippen molar-refractivity contribution in [2.24, 2.45) is 16.5 Å². The van der Waals surface area contributed by atoms with Crippen molar-refractivity contribution in [3.63, 3.8) is 0 Å². The van der Waals surface area contributed by atoms with Gasteiger partial charge in [-0.05, 0) is 85.8 Å². The number of rotatable bonds is 10. The van der Waals surface area contributed by atoms with Gasteiger partial charge >= 0.3 is 0 Å². The van der Waals surface area contributed by atoms with Crippen LogP contribution in [-0.4, -0.2) is 41.8 Å². The highest BCUT2D eigenvalue weighted by Gasteiger charge is 2.16. The lowest BCUT2D eigenvalue weighted by atomic mass is 10.1. The standard InChI is InChI=1S/C30H31Cl2N7/c31-20-5-9-23(10-6-20)37-27-17-28-30(18-26(27)36-16-15-35-19-22(34)13-14-33)39(24-11-7-21(32)8-12-24)29-4-2-1-3-25(29)38-28/h1-12,17-18,22,35,37H,13-16,19,33-34H2. The molecule has 39 heavy (non-hydrogen) atoms. The fourth-order valence-electron chi connectivity index (χ4n) is 4.49. The molecule has 2 aliphatic rings. The van der Waals surface area contributed by atoms with E-state index >= 15 is 0 Å². The molecule has 0 saturated heterocycles. The molecule has 6 N–H and O–H groups in total. The van der Waals surface area contributed by atoms with Crippen LogP contribution in [0.4, 0.5) is 11.4 Å². The molecule has 1 aliphatic carbocycles. The summed E-state index contributed by atoms with van der Waals surface area (Å²) in [6, 6.07) is 27.7. The molecule has 1 unspecified atom stereocenters. The Labute approximate surface area is 237 Å². The number of fused-ring (bicyclic) bond motifs is 2. The molecular formula is C30H31Cl2N7. The average molecular weight is 561 g/mol. The van der Waals surface area contributed by atoms with Gasteiger partial charge in [0.25, 0.3) is 0 Å². The molecule has 9 heteroatoms. The molecule has 3 aromatic rings. The van der Waals surface area contributed by atoms with E-state index in [4.69, 9.17) is 44.6 Å². The Morgan fingerprint density at radius 1 is 0.923 bits per heavy atom. The molecule has 1 aliphatic heterocycles. The van der Waals surface area contributed by atoms with Crippen LogP contribution in [0.1, 0.15) is 6.42 Å². The summed E-state index contributed by atoms with van der Waals surface area (Å²) in [5.74, 6) is 0. The van der Waals surface area contributed by atoms with E-state index in [0.717, 1.165) is 51.3 Å². The van der Waals surface area contributed by atoms with Crippen molar-refractivity contribution < 1.29 is 0 Å². The lowest BCUT2D eigenvalue weighted by Crippen LogP contribution is -2.36. The second kappa shape index (κ2) is 12.6. The van der Waals surface area contributed by atoms with Gasteiger partial charge in [0.15, 0.2) is 0 Å². The molecule has 7 nitrogen and oxygen atoms in total. The molecule has 0 amide bonds. The fraction of sp³-hybridized carbons (Fsp3) is 0.200. The van der Waals surface area contributed by atoms with E-state index in [1.165, 1.54) is 0 Å². The van der Waals surface area contributed by atoms with Crippen LogP contribution >= 0.6 is 23.2 Å². The minimum atomic E-state index is 0.0375. The van der Waals surface area contributed by atoms with E-state index in [2.05, 4.69) is 27.3 Å². The summed E-state index contributed by atoms with van der Waals surface area (Å²) >= 11 is 12.3. The molecule has 1 heterocycles.